The van der Waals surface area contributed by atoms with Crippen molar-refractivity contribution in [2.24, 2.45) is 0 Å². The summed E-state index contributed by atoms with van der Waals surface area (Å²) < 4.78 is 0.753. The van der Waals surface area contributed by atoms with Gasteiger partial charge in [-0.25, -0.2) is 0 Å². The maximum atomic E-state index is 12.3. The number of nitrogens with zero attached hydrogens (tertiary/aromatic N) is 1. The molecule has 0 atom stereocenters. The first-order valence-electron chi connectivity index (χ1n) is 5.90. The summed E-state index contributed by atoms with van der Waals surface area (Å²) in [6, 6.07) is 9.64. The van der Waals surface area contributed by atoms with E-state index in [4.69, 9.17) is 11.6 Å². The van der Waals surface area contributed by atoms with Crippen molar-refractivity contribution in [2.45, 2.75) is 6.92 Å². The Kier molecular flexibility index (Phi) is 4.79. The van der Waals surface area contributed by atoms with Crippen molar-refractivity contribution in [3.05, 3.63) is 66.2 Å². The molecule has 21 heavy (non-hydrogen) atoms. The van der Waals surface area contributed by atoms with Gasteiger partial charge in [-0.3, -0.25) is 14.9 Å². The first-order valence-corrected chi connectivity index (χ1v) is 7.36. The molecule has 2 aromatic carbocycles. The zero-order chi connectivity index (χ0) is 15.6. The number of carbonyl (C=O) groups is 1. The van der Waals surface area contributed by atoms with Gasteiger partial charge < -0.3 is 5.32 Å². The van der Waals surface area contributed by atoms with Crippen LogP contribution in [-0.4, -0.2) is 10.8 Å². The number of amides is 1. The summed E-state index contributed by atoms with van der Waals surface area (Å²) in [7, 11) is 0. The fourth-order valence-corrected chi connectivity index (χ4v) is 2.87. The van der Waals surface area contributed by atoms with Crippen LogP contribution in [0.1, 0.15) is 15.9 Å². The van der Waals surface area contributed by atoms with Gasteiger partial charge in [0.1, 0.15) is 5.56 Å². The molecule has 0 heterocycles. The van der Waals surface area contributed by atoms with Gasteiger partial charge in [0.25, 0.3) is 11.6 Å². The molecule has 0 fully saturated rings. The molecule has 0 saturated carbocycles. The number of rotatable bonds is 3. The first-order chi connectivity index (χ1) is 9.90. The second-order valence-electron chi connectivity index (χ2n) is 4.31. The van der Waals surface area contributed by atoms with E-state index in [-0.39, 0.29) is 11.3 Å². The maximum Gasteiger partial charge on any atom is 0.285 e. The van der Waals surface area contributed by atoms with Gasteiger partial charge in [-0.2, -0.15) is 0 Å². The van der Waals surface area contributed by atoms with Crippen molar-refractivity contribution in [1.29, 1.82) is 0 Å². The molecule has 0 aliphatic rings. The number of para-hydroxylation sites is 1. The molecule has 7 heteroatoms. The highest BCUT2D eigenvalue weighted by atomic mass is 127. The minimum atomic E-state index is -0.545. The summed E-state index contributed by atoms with van der Waals surface area (Å²) in [4.78, 5) is 22.8. The molecule has 0 aliphatic heterocycles. The van der Waals surface area contributed by atoms with E-state index in [1.165, 1.54) is 6.07 Å². The zero-order valence-electron chi connectivity index (χ0n) is 10.9. The first kappa shape index (κ1) is 15.7. The summed E-state index contributed by atoms with van der Waals surface area (Å²) in [5.74, 6) is -0.523. The van der Waals surface area contributed by atoms with Crippen LogP contribution in [0.25, 0.3) is 0 Å². The number of hydrogen-bond acceptors (Lipinski definition) is 3. The Labute approximate surface area is 139 Å². The number of nitrogens with one attached hydrogen (secondary N) is 1. The minimum Gasteiger partial charge on any atom is -0.321 e. The lowest BCUT2D eigenvalue weighted by Crippen LogP contribution is -2.15. The van der Waals surface area contributed by atoms with Crippen LogP contribution in [0.5, 0.6) is 0 Å². The highest BCUT2D eigenvalue weighted by molar-refractivity contribution is 14.1. The van der Waals surface area contributed by atoms with Crippen LogP contribution in [0.15, 0.2) is 36.4 Å². The Hall–Kier alpha value is -1.67. The van der Waals surface area contributed by atoms with Gasteiger partial charge >= 0.3 is 0 Å². The summed E-state index contributed by atoms with van der Waals surface area (Å²) in [5, 5.41) is 14.3. The van der Waals surface area contributed by atoms with Gasteiger partial charge in [0, 0.05) is 14.2 Å². The lowest BCUT2D eigenvalue weighted by molar-refractivity contribution is -0.385. The van der Waals surface area contributed by atoms with Gasteiger partial charge in [0.15, 0.2) is 0 Å². The molecule has 1 N–H and O–H groups in total. The Balaban J connectivity index is 2.37. The van der Waals surface area contributed by atoms with Crippen molar-refractivity contribution in [1.82, 2.24) is 0 Å². The number of nitro groups is 1. The summed E-state index contributed by atoms with van der Waals surface area (Å²) in [5.41, 5.74) is 0.851. The second-order valence-corrected chi connectivity index (χ2v) is 5.91. The number of carbonyl (C=O) groups excluding carboxylic acids is 1. The van der Waals surface area contributed by atoms with Crippen molar-refractivity contribution in [3.8, 4) is 0 Å². The summed E-state index contributed by atoms with van der Waals surface area (Å²) in [6.07, 6.45) is 0. The smallest absolute Gasteiger partial charge is 0.285 e. The van der Waals surface area contributed by atoms with Crippen LogP contribution in [0.3, 0.4) is 0 Å². The third-order valence-electron chi connectivity index (χ3n) is 2.84. The van der Waals surface area contributed by atoms with Crippen LogP contribution >= 0.6 is 34.2 Å². The Morgan fingerprint density at radius 2 is 2.05 bits per heavy atom. The molecular weight excluding hydrogens is 407 g/mol. The SMILES string of the molecule is Cc1cccc(C(=O)Nc2ccc(Cl)cc2I)c1[N+](=O)[O-]. The minimum absolute atomic E-state index is 0.0331. The Bertz CT molecular complexity index is 734. The van der Waals surface area contributed by atoms with E-state index in [0.29, 0.717) is 16.3 Å². The maximum absolute atomic E-state index is 12.3. The van der Waals surface area contributed by atoms with E-state index in [1.54, 1.807) is 37.3 Å². The fourth-order valence-electron chi connectivity index (χ4n) is 1.87. The number of hydrogen-bond donors (Lipinski definition) is 1. The van der Waals surface area contributed by atoms with E-state index >= 15 is 0 Å². The lowest BCUT2D eigenvalue weighted by atomic mass is 10.1. The van der Waals surface area contributed by atoms with Crippen molar-refractivity contribution < 1.29 is 9.72 Å². The average Bonchev–Trinajstić information content (AvgIpc) is 2.41. The molecular formula is C14H10ClIN2O3. The number of nitro benzene ring substituents is 1. The van der Waals surface area contributed by atoms with Crippen molar-refractivity contribution >= 4 is 51.5 Å². The van der Waals surface area contributed by atoms with Crippen LogP contribution in [0, 0.1) is 20.6 Å². The van der Waals surface area contributed by atoms with Crippen LogP contribution in [0.4, 0.5) is 11.4 Å². The van der Waals surface area contributed by atoms with Crippen LogP contribution in [-0.2, 0) is 0 Å². The number of anilines is 1. The van der Waals surface area contributed by atoms with Crippen molar-refractivity contribution in [3.63, 3.8) is 0 Å². The standard InChI is InChI=1S/C14H10ClIN2O3/c1-8-3-2-4-10(13(8)18(20)21)14(19)17-12-6-5-9(15)7-11(12)16/h2-7H,1H3,(H,17,19). The molecule has 1 amide bonds. The monoisotopic (exact) mass is 416 g/mol. The zero-order valence-corrected chi connectivity index (χ0v) is 13.8. The molecule has 0 unspecified atom stereocenters. The normalized spacial score (nSPS) is 10.2. The molecule has 0 bridgehead atoms. The van der Waals surface area contributed by atoms with E-state index in [9.17, 15) is 14.9 Å². The molecule has 2 rings (SSSR count). The van der Waals surface area contributed by atoms with E-state index in [2.05, 4.69) is 5.32 Å². The highest BCUT2D eigenvalue weighted by Gasteiger charge is 2.22. The van der Waals surface area contributed by atoms with Crippen LogP contribution < -0.4 is 5.32 Å². The van der Waals surface area contributed by atoms with Gasteiger partial charge in [-0.1, -0.05) is 23.7 Å². The predicted octanol–water partition coefficient (Wildman–Crippen LogP) is 4.41. The molecule has 0 aromatic heterocycles. The molecule has 0 radical (unpaired) electrons. The molecule has 0 spiro atoms. The third-order valence-corrected chi connectivity index (χ3v) is 3.97. The highest BCUT2D eigenvalue weighted by Crippen LogP contribution is 2.26. The lowest BCUT2D eigenvalue weighted by Gasteiger charge is -2.09. The molecule has 0 aliphatic carbocycles. The molecule has 5 nitrogen and oxygen atoms in total. The molecule has 0 saturated heterocycles. The Morgan fingerprint density at radius 1 is 1.33 bits per heavy atom. The largest absolute Gasteiger partial charge is 0.321 e. The van der Waals surface area contributed by atoms with Crippen LogP contribution in [0.2, 0.25) is 5.02 Å². The fraction of sp³-hybridized carbons (Fsp3) is 0.0714. The number of aryl methyl sites for hydroxylation is 1. The van der Waals surface area contributed by atoms with Crippen molar-refractivity contribution in [2.75, 3.05) is 5.32 Å². The van der Waals surface area contributed by atoms with Gasteiger partial charge in [-0.05, 0) is 53.8 Å². The van der Waals surface area contributed by atoms with Gasteiger partial charge in [-0.15, -0.1) is 0 Å². The summed E-state index contributed by atoms with van der Waals surface area (Å²) in [6.45, 7) is 1.60. The van der Waals surface area contributed by atoms with Gasteiger partial charge in [0.05, 0.1) is 10.6 Å². The molecule has 2 aromatic rings. The van der Waals surface area contributed by atoms with E-state index in [0.717, 1.165) is 3.57 Å². The number of benzene rings is 2. The second kappa shape index (κ2) is 6.40. The third kappa shape index (κ3) is 3.51. The van der Waals surface area contributed by atoms with E-state index in [1.807, 2.05) is 22.6 Å². The quantitative estimate of drug-likeness (QED) is 0.457. The predicted molar refractivity (Wildman–Crippen MR) is 90.0 cm³/mol. The topological polar surface area (TPSA) is 72.2 Å². The molecule has 108 valence electrons. The van der Waals surface area contributed by atoms with Gasteiger partial charge in [0.2, 0.25) is 0 Å². The van der Waals surface area contributed by atoms with E-state index < -0.39 is 10.8 Å². The average molecular weight is 417 g/mol. The number of halogens is 2. The Morgan fingerprint density at radius 3 is 2.67 bits per heavy atom. The summed E-state index contributed by atoms with van der Waals surface area (Å²) >= 11 is 7.89.